The Balaban J connectivity index is 1.54. The molecule has 9 heteroatoms. The first-order valence-electron chi connectivity index (χ1n) is 14.9. The fourth-order valence-electron chi connectivity index (χ4n) is 7.35. The van der Waals surface area contributed by atoms with Gasteiger partial charge >= 0.3 is 0 Å². The predicted molar refractivity (Wildman–Crippen MR) is 164 cm³/mol. The SMILES string of the molecule is CCCNC(=O)[C@@H]1[C@@H]2CC(C)C3(S2)C(C(=O)Nc2ccc(N(CC)CC)cc2)N([C@H](CO)c2ccccc2)C(=O)[C@H]13. The van der Waals surface area contributed by atoms with E-state index in [2.05, 4.69) is 36.3 Å². The van der Waals surface area contributed by atoms with Gasteiger partial charge in [0.2, 0.25) is 17.7 Å². The lowest BCUT2D eigenvalue weighted by Gasteiger charge is -2.40. The summed E-state index contributed by atoms with van der Waals surface area (Å²) in [6.07, 6.45) is 1.57. The highest BCUT2D eigenvalue weighted by Crippen LogP contribution is 2.69. The number of aliphatic hydroxyl groups is 1. The quantitative estimate of drug-likeness (QED) is 0.372. The normalized spacial score (nSPS) is 28.9. The zero-order chi connectivity index (χ0) is 29.3. The van der Waals surface area contributed by atoms with E-state index in [1.54, 1.807) is 16.7 Å². The van der Waals surface area contributed by atoms with Gasteiger partial charge in [-0.1, -0.05) is 44.2 Å². The van der Waals surface area contributed by atoms with E-state index in [0.717, 1.165) is 37.2 Å². The van der Waals surface area contributed by atoms with Gasteiger partial charge in [-0.3, -0.25) is 14.4 Å². The molecular weight excluding hydrogens is 536 g/mol. The maximum Gasteiger partial charge on any atom is 0.248 e. The van der Waals surface area contributed by atoms with E-state index < -0.39 is 28.7 Å². The average molecular weight is 579 g/mol. The molecule has 3 N–H and O–H groups in total. The summed E-state index contributed by atoms with van der Waals surface area (Å²) in [7, 11) is 0. The summed E-state index contributed by atoms with van der Waals surface area (Å²) in [5.74, 6) is -1.69. The number of carbonyl (C=O) groups is 3. The van der Waals surface area contributed by atoms with E-state index >= 15 is 0 Å². The van der Waals surface area contributed by atoms with Gasteiger partial charge in [0.25, 0.3) is 0 Å². The summed E-state index contributed by atoms with van der Waals surface area (Å²) in [5.41, 5.74) is 2.49. The number of amides is 3. The highest BCUT2D eigenvalue weighted by Gasteiger charge is 2.76. The molecule has 3 fully saturated rings. The summed E-state index contributed by atoms with van der Waals surface area (Å²) >= 11 is 1.64. The Morgan fingerprint density at radius 2 is 1.76 bits per heavy atom. The lowest BCUT2D eigenvalue weighted by molar-refractivity contribution is -0.142. The van der Waals surface area contributed by atoms with Crippen molar-refractivity contribution in [1.82, 2.24) is 10.2 Å². The Kier molecular flexibility index (Phi) is 8.66. The molecule has 1 spiro atoms. The smallest absolute Gasteiger partial charge is 0.248 e. The molecule has 0 aromatic heterocycles. The van der Waals surface area contributed by atoms with Crippen LogP contribution in [-0.4, -0.2) is 70.0 Å². The monoisotopic (exact) mass is 578 g/mol. The Morgan fingerprint density at radius 1 is 1.07 bits per heavy atom. The minimum atomic E-state index is -0.839. The standard InChI is InChI=1S/C32H42N4O4S/c1-5-17-33-29(38)26-25-18-20(4)32(41-25)27(26)31(40)36(24(19-37)21-11-9-8-10-12-21)28(32)30(39)34-22-13-15-23(16-14-22)35(6-2)7-3/h8-16,20,24-28,37H,5-7,17-19H2,1-4H3,(H,33,38)(H,34,39)/t20?,24-,25+,26-,27+,28?,32?/m1/s1. The van der Waals surface area contributed by atoms with Gasteiger partial charge in [-0.25, -0.2) is 0 Å². The molecule has 3 aliphatic rings. The van der Waals surface area contributed by atoms with Crippen molar-refractivity contribution in [1.29, 1.82) is 0 Å². The van der Waals surface area contributed by atoms with Crippen molar-refractivity contribution in [2.24, 2.45) is 17.8 Å². The summed E-state index contributed by atoms with van der Waals surface area (Å²) in [6.45, 7) is 10.3. The number of anilines is 2. The summed E-state index contributed by atoms with van der Waals surface area (Å²) in [4.78, 5) is 46.1. The van der Waals surface area contributed by atoms with Gasteiger partial charge in [0.15, 0.2) is 0 Å². The number of aliphatic hydroxyl groups excluding tert-OH is 1. The topological polar surface area (TPSA) is 102 Å². The minimum absolute atomic E-state index is 0.0223. The van der Waals surface area contributed by atoms with Crippen LogP contribution >= 0.6 is 11.8 Å². The maximum atomic E-state index is 14.5. The summed E-state index contributed by atoms with van der Waals surface area (Å²) < 4.78 is -0.760. The van der Waals surface area contributed by atoms with Gasteiger partial charge < -0.3 is 25.5 Å². The molecule has 0 saturated carbocycles. The zero-order valence-electron chi connectivity index (χ0n) is 24.4. The molecule has 3 saturated heterocycles. The minimum Gasteiger partial charge on any atom is -0.394 e. The van der Waals surface area contributed by atoms with Gasteiger partial charge in [-0.05, 0) is 62.4 Å². The Labute approximate surface area is 247 Å². The number of nitrogens with zero attached hydrogens (tertiary/aromatic N) is 2. The second-order valence-electron chi connectivity index (χ2n) is 11.4. The maximum absolute atomic E-state index is 14.5. The number of thioether (sulfide) groups is 1. The van der Waals surface area contributed by atoms with E-state index in [1.807, 2.05) is 61.5 Å². The fraction of sp³-hybridized carbons (Fsp3) is 0.531. The number of rotatable bonds is 11. The largest absolute Gasteiger partial charge is 0.394 e. The van der Waals surface area contributed by atoms with Crippen LogP contribution in [0.4, 0.5) is 11.4 Å². The van der Waals surface area contributed by atoms with Crippen molar-refractivity contribution < 1.29 is 19.5 Å². The highest BCUT2D eigenvalue weighted by molar-refractivity contribution is 8.02. The Bertz CT molecular complexity index is 1250. The number of hydrogen-bond donors (Lipinski definition) is 3. The first-order chi connectivity index (χ1) is 19.8. The molecule has 2 bridgehead atoms. The van der Waals surface area contributed by atoms with Crippen LogP contribution in [0.1, 0.15) is 52.1 Å². The molecular formula is C32H42N4O4S. The van der Waals surface area contributed by atoms with Gasteiger partial charge in [0.1, 0.15) is 6.04 Å². The van der Waals surface area contributed by atoms with E-state index in [4.69, 9.17) is 0 Å². The van der Waals surface area contributed by atoms with Crippen LogP contribution in [0.25, 0.3) is 0 Å². The molecule has 41 heavy (non-hydrogen) atoms. The number of benzene rings is 2. The van der Waals surface area contributed by atoms with Crippen molar-refractivity contribution >= 4 is 40.9 Å². The van der Waals surface area contributed by atoms with Crippen LogP contribution in [0.2, 0.25) is 0 Å². The number of likely N-dealkylation sites (tertiary alicyclic amines) is 1. The molecule has 8 nitrogen and oxygen atoms in total. The van der Waals surface area contributed by atoms with Gasteiger partial charge in [0, 0.05) is 36.3 Å². The first kappa shape index (κ1) is 29.5. The highest BCUT2D eigenvalue weighted by atomic mass is 32.2. The molecule has 0 radical (unpaired) electrons. The summed E-state index contributed by atoms with van der Waals surface area (Å²) in [5, 5.41) is 16.8. The van der Waals surface area contributed by atoms with E-state index in [1.165, 1.54) is 0 Å². The van der Waals surface area contributed by atoms with Crippen LogP contribution in [0.15, 0.2) is 54.6 Å². The molecule has 5 rings (SSSR count). The second-order valence-corrected chi connectivity index (χ2v) is 13.0. The lowest BCUT2D eigenvalue weighted by atomic mass is 9.66. The van der Waals surface area contributed by atoms with E-state index in [0.29, 0.717) is 12.2 Å². The van der Waals surface area contributed by atoms with Gasteiger partial charge in [-0.15, -0.1) is 11.8 Å². The van der Waals surface area contributed by atoms with Crippen LogP contribution in [0.3, 0.4) is 0 Å². The van der Waals surface area contributed by atoms with Gasteiger partial charge in [0.05, 0.1) is 29.2 Å². The number of nitrogens with one attached hydrogen (secondary N) is 2. The van der Waals surface area contributed by atoms with Crippen LogP contribution in [0.5, 0.6) is 0 Å². The lowest BCUT2D eigenvalue weighted by Crippen LogP contribution is -2.55. The summed E-state index contributed by atoms with van der Waals surface area (Å²) in [6, 6.07) is 15.6. The van der Waals surface area contributed by atoms with Crippen molar-refractivity contribution in [3.8, 4) is 0 Å². The van der Waals surface area contributed by atoms with Crippen molar-refractivity contribution in [3.63, 3.8) is 0 Å². The molecule has 3 unspecified atom stereocenters. The Morgan fingerprint density at radius 3 is 2.37 bits per heavy atom. The third kappa shape index (κ3) is 4.91. The molecule has 3 amide bonds. The second kappa shape index (κ2) is 12.1. The number of fused-ring (bicyclic) bond motifs is 1. The average Bonchev–Trinajstić information content (AvgIpc) is 3.58. The van der Waals surface area contributed by atoms with Crippen molar-refractivity contribution in [2.75, 3.05) is 36.5 Å². The van der Waals surface area contributed by atoms with Crippen LogP contribution < -0.4 is 15.5 Å². The Hall–Kier alpha value is -3.04. The van der Waals surface area contributed by atoms with E-state index in [-0.39, 0.29) is 35.5 Å². The van der Waals surface area contributed by atoms with Gasteiger partial charge in [-0.2, -0.15) is 0 Å². The molecule has 220 valence electrons. The van der Waals surface area contributed by atoms with Crippen LogP contribution in [0, 0.1) is 17.8 Å². The van der Waals surface area contributed by atoms with Crippen molar-refractivity contribution in [2.45, 2.75) is 62.6 Å². The molecule has 0 aliphatic carbocycles. The van der Waals surface area contributed by atoms with Crippen LogP contribution in [-0.2, 0) is 14.4 Å². The third-order valence-corrected chi connectivity index (χ3v) is 11.3. The molecule has 7 atom stereocenters. The molecule has 2 aromatic carbocycles. The molecule has 3 aliphatic heterocycles. The molecule has 3 heterocycles. The van der Waals surface area contributed by atoms with Crippen molar-refractivity contribution in [3.05, 3.63) is 60.2 Å². The fourth-order valence-corrected chi connectivity index (χ4v) is 9.75. The first-order valence-corrected chi connectivity index (χ1v) is 15.8. The molecule has 2 aromatic rings. The predicted octanol–water partition coefficient (Wildman–Crippen LogP) is 4.07. The van der Waals surface area contributed by atoms with E-state index in [9.17, 15) is 19.5 Å². The zero-order valence-corrected chi connectivity index (χ0v) is 25.2. The number of carbonyl (C=O) groups excluding carboxylic acids is 3. The number of hydrogen-bond acceptors (Lipinski definition) is 6. The third-order valence-electron chi connectivity index (χ3n) is 9.24.